The Morgan fingerprint density at radius 2 is 2.12 bits per heavy atom. The zero-order valence-corrected chi connectivity index (χ0v) is 10.7. The van der Waals surface area contributed by atoms with Crippen LogP contribution >= 0.6 is 12.2 Å². The van der Waals surface area contributed by atoms with Crippen LogP contribution in [0.25, 0.3) is 0 Å². The third-order valence-corrected chi connectivity index (χ3v) is 3.01. The van der Waals surface area contributed by atoms with Gasteiger partial charge in [0.25, 0.3) is 0 Å². The van der Waals surface area contributed by atoms with Crippen molar-refractivity contribution in [3.05, 3.63) is 30.1 Å². The predicted molar refractivity (Wildman–Crippen MR) is 71.4 cm³/mol. The van der Waals surface area contributed by atoms with Crippen molar-refractivity contribution >= 4 is 17.2 Å². The first-order chi connectivity index (χ1) is 7.59. The number of aromatic nitrogens is 1. The van der Waals surface area contributed by atoms with Crippen molar-refractivity contribution in [2.24, 2.45) is 11.7 Å². The first-order valence-electron chi connectivity index (χ1n) is 5.46. The Balaban J connectivity index is 2.30. The highest BCUT2D eigenvalue weighted by Crippen LogP contribution is 2.02. The lowest BCUT2D eigenvalue weighted by molar-refractivity contribution is 0.319. The average Bonchev–Trinajstić information content (AvgIpc) is 2.27. The van der Waals surface area contributed by atoms with Gasteiger partial charge in [0, 0.05) is 31.4 Å². The van der Waals surface area contributed by atoms with Gasteiger partial charge in [0.15, 0.2) is 0 Å². The van der Waals surface area contributed by atoms with E-state index in [9.17, 15) is 0 Å². The maximum Gasteiger partial charge on any atom is 0.0768 e. The number of thiocarbonyl (C=S) groups is 1. The quantitative estimate of drug-likeness (QED) is 0.761. The molecular formula is C12H19N3S. The van der Waals surface area contributed by atoms with Crippen molar-refractivity contribution in [3.63, 3.8) is 0 Å². The third-order valence-electron chi connectivity index (χ3n) is 2.60. The second kappa shape index (κ2) is 6.55. The van der Waals surface area contributed by atoms with E-state index in [1.54, 1.807) is 0 Å². The summed E-state index contributed by atoms with van der Waals surface area (Å²) in [6.07, 6.45) is 4.68. The Hall–Kier alpha value is -1.00. The number of likely N-dealkylation sites (N-methyl/N-ethyl adjacent to an activating group) is 1. The van der Waals surface area contributed by atoms with Crippen molar-refractivity contribution in [1.29, 1.82) is 0 Å². The van der Waals surface area contributed by atoms with Gasteiger partial charge in [0.1, 0.15) is 0 Å². The van der Waals surface area contributed by atoms with E-state index in [1.165, 1.54) is 5.56 Å². The van der Waals surface area contributed by atoms with Crippen LogP contribution in [0.15, 0.2) is 24.5 Å². The van der Waals surface area contributed by atoms with E-state index in [2.05, 4.69) is 23.9 Å². The predicted octanol–water partition coefficient (Wildman–Crippen LogP) is 1.48. The minimum Gasteiger partial charge on any atom is -0.393 e. The van der Waals surface area contributed by atoms with E-state index in [0.29, 0.717) is 4.99 Å². The maximum absolute atomic E-state index is 5.59. The third kappa shape index (κ3) is 4.68. The maximum atomic E-state index is 5.59. The molecule has 0 saturated heterocycles. The molecule has 0 spiro atoms. The van der Waals surface area contributed by atoms with E-state index < -0.39 is 0 Å². The van der Waals surface area contributed by atoms with Crippen molar-refractivity contribution < 1.29 is 0 Å². The Morgan fingerprint density at radius 3 is 2.69 bits per heavy atom. The monoisotopic (exact) mass is 237 g/mol. The van der Waals surface area contributed by atoms with Crippen molar-refractivity contribution in [2.45, 2.75) is 13.3 Å². The van der Waals surface area contributed by atoms with Gasteiger partial charge in [-0.1, -0.05) is 19.1 Å². The first kappa shape index (κ1) is 13.1. The molecule has 1 rings (SSSR count). The van der Waals surface area contributed by atoms with Crippen LogP contribution in [0.4, 0.5) is 0 Å². The zero-order chi connectivity index (χ0) is 12.0. The van der Waals surface area contributed by atoms with E-state index in [1.807, 2.05) is 24.5 Å². The fourth-order valence-corrected chi connectivity index (χ4v) is 1.59. The van der Waals surface area contributed by atoms with Crippen LogP contribution in [-0.4, -0.2) is 35.0 Å². The Bertz CT molecular complexity index is 326. The Morgan fingerprint density at radius 1 is 1.50 bits per heavy atom. The number of pyridine rings is 1. The average molecular weight is 237 g/mol. The van der Waals surface area contributed by atoms with Crippen LogP contribution in [0.2, 0.25) is 0 Å². The summed E-state index contributed by atoms with van der Waals surface area (Å²) in [5, 5.41) is 0. The molecule has 88 valence electrons. The molecule has 0 saturated carbocycles. The molecule has 0 aromatic carbocycles. The van der Waals surface area contributed by atoms with Gasteiger partial charge in [-0.3, -0.25) is 4.98 Å². The van der Waals surface area contributed by atoms with E-state index >= 15 is 0 Å². The lowest BCUT2D eigenvalue weighted by atomic mass is 10.1. The summed E-state index contributed by atoms with van der Waals surface area (Å²) in [5.41, 5.74) is 6.90. The first-order valence-corrected chi connectivity index (χ1v) is 5.87. The molecular weight excluding hydrogens is 218 g/mol. The van der Waals surface area contributed by atoms with Crippen molar-refractivity contribution in [2.75, 3.05) is 20.1 Å². The lowest BCUT2D eigenvalue weighted by Crippen LogP contribution is -2.32. The van der Waals surface area contributed by atoms with Crippen molar-refractivity contribution in [3.8, 4) is 0 Å². The summed E-state index contributed by atoms with van der Waals surface area (Å²) >= 11 is 4.96. The minimum absolute atomic E-state index is 0.275. The number of nitrogens with zero attached hydrogens (tertiary/aromatic N) is 2. The molecule has 0 aliphatic heterocycles. The van der Waals surface area contributed by atoms with Crippen LogP contribution in [0.1, 0.15) is 12.5 Å². The Labute approximate surface area is 103 Å². The number of hydrogen-bond acceptors (Lipinski definition) is 3. The fraction of sp³-hybridized carbons (Fsp3) is 0.500. The molecule has 16 heavy (non-hydrogen) atoms. The van der Waals surface area contributed by atoms with Gasteiger partial charge in [0.2, 0.25) is 0 Å². The Kier molecular flexibility index (Phi) is 5.35. The fourth-order valence-electron chi connectivity index (χ4n) is 1.52. The van der Waals surface area contributed by atoms with E-state index in [4.69, 9.17) is 18.0 Å². The number of rotatable bonds is 6. The summed E-state index contributed by atoms with van der Waals surface area (Å²) in [5.74, 6) is 0.275. The molecule has 0 aliphatic carbocycles. The molecule has 0 bridgehead atoms. The highest BCUT2D eigenvalue weighted by Gasteiger charge is 2.08. The number of nitrogens with two attached hydrogens (primary N) is 1. The molecule has 3 nitrogen and oxygen atoms in total. The molecule has 1 atom stereocenters. The zero-order valence-electron chi connectivity index (χ0n) is 9.89. The van der Waals surface area contributed by atoms with Gasteiger partial charge in [-0.05, 0) is 31.2 Å². The van der Waals surface area contributed by atoms with Crippen LogP contribution in [0, 0.1) is 5.92 Å². The van der Waals surface area contributed by atoms with Gasteiger partial charge in [-0.2, -0.15) is 0 Å². The van der Waals surface area contributed by atoms with Crippen LogP contribution in [-0.2, 0) is 6.42 Å². The van der Waals surface area contributed by atoms with Crippen LogP contribution < -0.4 is 5.73 Å². The molecule has 1 aromatic heterocycles. The van der Waals surface area contributed by atoms with Gasteiger partial charge in [0.05, 0.1) is 4.99 Å². The van der Waals surface area contributed by atoms with E-state index in [-0.39, 0.29) is 5.92 Å². The molecule has 1 aromatic rings. The molecule has 1 heterocycles. The summed E-state index contributed by atoms with van der Waals surface area (Å²) in [7, 11) is 2.09. The smallest absolute Gasteiger partial charge is 0.0768 e. The largest absolute Gasteiger partial charge is 0.393 e. The van der Waals surface area contributed by atoms with E-state index in [0.717, 1.165) is 19.5 Å². The minimum atomic E-state index is 0.275. The van der Waals surface area contributed by atoms with Crippen LogP contribution in [0.3, 0.4) is 0 Å². The summed E-state index contributed by atoms with van der Waals surface area (Å²) in [4.78, 5) is 6.84. The van der Waals surface area contributed by atoms with Gasteiger partial charge >= 0.3 is 0 Å². The highest BCUT2D eigenvalue weighted by molar-refractivity contribution is 7.80. The van der Waals surface area contributed by atoms with Crippen LogP contribution in [0.5, 0.6) is 0 Å². The molecule has 0 fully saturated rings. The van der Waals surface area contributed by atoms with Crippen molar-refractivity contribution in [1.82, 2.24) is 9.88 Å². The molecule has 0 radical (unpaired) electrons. The molecule has 4 heteroatoms. The molecule has 0 aliphatic rings. The second-order valence-electron chi connectivity index (χ2n) is 4.17. The summed E-state index contributed by atoms with van der Waals surface area (Å²) < 4.78 is 0. The molecule has 2 N–H and O–H groups in total. The topological polar surface area (TPSA) is 42.2 Å². The lowest BCUT2D eigenvalue weighted by Gasteiger charge is -2.20. The van der Waals surface area contributed by atoms with Gasteiger partial charge in [-0.25, -0.2) is 0 Å². The molecule has 1 unspecified atom stereocenters. The normalized spacial score (nSPS) is 12.7. The summed E-state index contributed by atoms with van der Waals surface area (Å²) in [6.45, 7) is 3.99. The molecule has 0 amide bonds. The van der Waals surface area contributed by atoms with Gasteiger partial charge in [-0.15, -0.1) is 0 Å². The number of hydrogen-bond donors (Lipinski definition) is 1. The van der Waals surface area contributed by atoms with Gasteiger partial charge < -0.3 is 10.6 Å². The SMILES string of the molecule is CC(CN(C)CCc1ccncc1)C(N)=S. The summed E-state index contributed by atoms with van der Waals surface area (Å²) in [6, 6.07) is 4.09. The second-order valence-corrected chi connectivity index (χ2v) is 4.64. The highest BCUT2D eigenvalue weighted by atomic mass is 32.1. The standard InChI is InChI=1S/C12H19N3S/c1-10(12(13)16)9-15(2)8-5-11-3-6-14-7-4-11/h3-4,6-7,10H,5,8-9H2,1-2H3,(H2,13,16).